The van der Waals surface area contributed by atoms with Crippen LogP contribution in [-0.2, 0) is 14.3 Å². The molecule has 0 aromatic heterocycles. The highest BCUT2D eigenvalue weighted by molar-refractivity contribution is 5.83. The third kappa shape index (κ3) is 5.17. The maximum Gasteiger partial charge on any atom is 0.328 e. The molecule has 1 unspecified atom stereocenters. The number of rotatable bonds is 5. The highest BCUT2D eigenvalue weighted by Crippen LogP contribution is 2.17. The first-order valence-corrected chi connectivity index (χ1v) is 6.21. The Bertz CT molecular complexity index is 262. The molecular formula is C12H22N2O3. The maximum atomic E-state index is 11.6. The Hall–Kier alpha value is -1.10. The first-order valence-electron chi connectivity index (χ1n) is 6.21. The van der Waals surface area contributed by atoms with Crippen molar-refractivity contribution in [1.29, 1.82) is 0 Å². The standard InChI is InChI=1S/C12H22N2O3/c1-9(12(16)17-2)14-11(15)4-3-10-5-7-13-8-6-10/h9-10,13H,3-8H2,1-2H3,(H,14,15). The minimum Gasteiger partial charge on any atom is -0.467 e. The molecule has 0 aromatic rings. The van der Waals surface area contributed by atoms with Crippen molar-refractivity contribution in [3.05, 3.63) is 0 Å². The third-order valence-corrected chi connectivity index (χ3v) is 3.17. The minimum atomic E-state index is -0.555. The Kier molecular flexibility index (Phi) is 5.97. The summed E-state index contributed by atoms with van der Waals surface area (Å²) in [6.45, 7) is 3.73. The second-order valence-electron chi connectivity index (χ2n) is 4.54. The van der Waals surface area contributed by atoms with E-state index in [1.807, 2.05) is 0 Å². The van der Waals surface area contributed by atoms with Crippen LogP contribution >= 0.6 is 0 Å². The van der Waals surface area contributed by atoms with Crippen LogP contribution in [-0.4, -0.2) is 38.1 Å². The molecule has 1 atom stereocenters. The van der Waals surface area contributed by atoms with Crippen molar-refractivity contribution in [1.82, 2.24) is 10.6 Å². The molecule has 5 nitrogen and oxygen atoms in total. The van der Waals surface area contributed by atoms with Crippen LogP contribution in [0.2, 0.25) is 0 Å². The fourth-order valence-electron chi connectivity index (χ4n) is 2.05. The predicted molar refractivity (Wildman–Crippen MR) is 64.4 cm³/mol. The van der Waals surface area contributed by atoms with Crippen molar-refractivity contribution in [2.45, 2.75) is 38.6 Å². The molecule has 0 spiro atoms. The molecule has 0 radical (unpaired) electrons. The number of carbonyl (C=O) groups is 2. The van der Waals surface area contributed by atoms with Gasteiger partial charge in [0.1, 0.15) is 6.04 Å². The van der Waals surface area contributed by atoms with Gasteiger partial charge in [-0.3, -0.25) is 4.79 Å². The van der Waals surface area contributed by atoms with E-state index in [0.29, 0.717) is 12.3 Å². The molecule has 0 aromatic carbocycles. The summed E-state index contributed by atoms with van der Waals surface area (Å²) in [4.78, 5) is 22.7. The molecule has 1 aliphatic heterocycles. The molecule has 2 N–H and O–H groups in total. The summed E-state index contributed by atoms with van der Waals surface area (Å²) in [5.74, 6) is 0.164. The van der Waals surface area contributed by atoms with Gasteiger partial charge in [-0.05, 0) is 45.2 Å². The van der Waals surface area contributed by atoms with Gasteiger partial charge in [0.15, 0.2) is 0 Å². The van der Waals surface area contributed by atoms with Crippen LogP contribution < -0.4 is 10.6 Å². The Morgan fingerprint density at radius 3 is 2.65 bits per heavy atom. The highest BCUT2D eigenvalue weighted by atomic mass is 16.5. The van der Waals surface area contributed by atoms with E-state index in [0.717, 1.165) is 32.4 Å². The average molecular weight is 242 g/mol. The third-order valence-electron chi connectivity index (χ3n) is 3.17. The topological polar surface area (TPSA) is 67.4 Å². The molecule has 1 aliphatic rings. The Balaban J connectivity index is 2.18. The van der Waals surface area contributed by atoms with Gasteiger partial charge in [-0.25, -0.2) is 4.79 Å². The summed E-state index contributed by atoms with van der Waals surface area (Å²) in [6.07, 6.45) is 3.67. The number of carbonyl (C=O) groups excluding carboxylic acids is 2. The molecule has 0 aliphatic carbocycles. The fraction of sp³-hybridized carbons (Fsp3) is 0.833. The minimum absolute atomic E-state index is 0.0681. The number of piperidine rings is 1. The molecule has 5 heteroatoms. The molecule has 17 heavy (non-hydrogen) atoms. The first-order chi connectivity index (χ1) is 8.13. The van der Waals surface area contributed by atoms with Crippen LogP contribution in [0, 0.1) is 5.92 Å². The van der Waals surface area contributed by atoms with Crippen molar-refractivity contribution in [3.8, 4) is 0 Å². The van der Waals surface area contributed by atoms with Crippen LogP contribution in [0.25, 0.3) is 0 Å². The molecule has 98 valence electrons. The van der Waals surface area contributed by atoms with Gasteiger partial charge in [0.2, 0.25) is 5.91 Å². The number of hydrogen-bond donors (Lipinski definition) is 2. The van der Waals surface area contributed by atoms with Crippen molar-refractivity contribution in [2.24, 2.45) is 5.92 Å². The fourth-order valence-corrected chi connectivity index (χ4v) is 2.05. The number of methoxy groups -OCH3 is 1. The van der Waals surface area contributed by atoms with Gasteiger partial charge >= 0.3 is 5.97 Å². The van der Waals surface area contributed by atoms with Crippen LogP contribution in [0.15, 0.2) is 0 Å². The normalized spacial score (nSPS) is 18.5. The van der Waals surface area contributed by atoms with Crippen molar-refractivity contribution >= 4 is 11.9 Å². The monoisotopic (exact) mass is 242 g/mol. The molecule has 1 rings (SSSR count). The molecule has 1 fully saturated rings. The van der Waals surface area contributed by atoms with Gasteiger partial charge in [-0.2, -0.15) is 0 Å². The quantitative estimate of drug-likeness (QED) is 0.687. The van der Waals surface area contributed by atoms with E-state index in [9.17, 15) is 9.59 Å². The molecular weight excluding hydrogens is 220 g/mol. The smallest absolute Gasteiger partial charge is 0.328 e. The molecule has 1 saturated heterocycles. The summed E-state index contributed by atoms with van der Waals surface area (Å²) in [5, 5.41) is 5.94. The lowest BCUT2D eigenvalue weighted by Crippen LogP contribution is -2.39. The predicted octanol–water partition coefficient (Wildman–Crippen LogP) is 0.444. The SMILES string of the molecule is COC(=O)C(C)NC(=O)CCC1CCNCC1. The van der Waals surface area contributed by atoms with E-state index in [-0.39, 0.29) is 5.91 Å². The Labute approximate surface area is 102 Å². The Morgan fingerprint density at radius 2 is 2.06 bits per heavy atom. The van der Waals surface area contributed by atoms with E-state index in [1.165, 1.54) is 7.11 Å². The second-order valence-corrected chi connectivity index (χ2v) is 4.54. The van der Waals surface area contributed by atoms with Crippen LogP contribution in [0.3, 0.4) is 0 Å². The van der Waals surface area contributed by atoms with E-state index < -0.39 is 12.0 Å². The van der Waals surface area contributed by atoms with Gasteiger partial charge in [0, 0.05) is 6.42 Å². The lowest BCUT2D eigenvalue weighted by Gasteiger charge is -2.22. The largest absolute Gasteiger partial charge is 0.467 e. The molecule has 0 saturated carbocycles. The summed E-state index contributed by atoms with van der Waals surface area (Å²) in [7, 11) is 1.32. The first kappa shape index (κ1) is 14.0. The van der Waals surface area contributed by atoms with Crippen molar-refractivity contribution < 1.29 is 14.3 Å². The molecule has 1 amide bonds. The van der Waals surface area contributed by atoms with Gasteiger partial charge < -0.3 is 15.4 Å². The van der Waals surface area contributed by atoms with Gasteiger partial charge in [0.05, 0.1) is 7.11 Å². The lowest BCUT2D eigenvalue weighted by molar-refractivity contribution is -0.144. The summed E-state index contributed by atoms with van der Waals surface area (Å²) in [6, 6.07) is -0.555. The molecule has 0 bridgehead atoms. The Morgan fingerprint density at radius 1 is 1.41 bits per heavy atom. The number of nitrogens with one attached hydrogen (secondary N) is 2. The van der Waals surface area contributed by atoms with E-state index in [1.54, 1.807) is 6.92 Å². The second kappa shape index (κ2) is 7.27. The van der Waals surface area contributed by atoms with Crippen LogP contribution in [0.1, 0.15) is 32.6 Å². The summed E-state index contributed by atoms with van der Waals surface area (Å²) >= 11 is 0. The van der Waals surface area contributed by atoms with Crippen molar-refractivity contribution in [2.75, 3.05) is 20.2 Å². The summed E-state index contributed by atoms with van der Waals surface area (Å²) < 4.78 is 4.55. The number of hydrogen-bond acceptors (Lipinski definition) is 4. The number of esters is 1. The van der Waals surface area contributed by atoms with Gasteiger partial charge in [-0.15, -0.1) is 0 Å². The van der Waals surface area contributed by atoms with Gasteiger partial charge in [0.25, 0.3) is 0 Å². The van der Waals surface area contributed by atoms with Crippen LogP contribution in [0.5, 0.6) is 0 Å². The zero-order chi connectivity index (χ0) is 12.7. The maximum absolute atomic E-state index is 11.6. The number of amides is 1. The van der Waals surface area contributed by atoms with E-state index >= 15 is 0 Å². The zero-order valence-corrected chi connectivity index (χ0v) is 10.6. The summed E-state index contributed by atoms with van der Waals surface area (Å²) in [5.41, 5.74) is 0. The zero-order valence-electron chi connectivity index (χ0n) is 10.6. The van der Waals surface area contributed by atoms with E-state index in [4.69, 9.17) is 0 Å². The highest BCUT2D eigenvalue weighted by Gasteiger charge is 2.18. The van der Waals surface area contributed by atoms with Crippen molar-refractivity contribution in [3.63, 3.8) is 0 Å². The molecule has 1 heterocycles. The number of ether oxygens (including phenoxy) is 1. The van der Waals surface area contributed by atoms with Crippen LogP contribution in [0.4, 0.5) is 0 Å². The average Bonchev–Trinajstić information content (AvgIpc) is 2.36. The van der Waals surface area contributed by atoms with Gasteiger partial charge in [-0.1, -0.05) is 0 Å². The lowest BCUT2D eigenvalue weighted by atomic mass is 9.93. The van der Waals surface area contributed by atoms with E-state index in [2.05, 4.69) is 15.4 Å².